The lowest BCUT2D eigenvalue weighted by molar-refractivity contribution is 0.0691. The van der Waals surface area contributed by atoms with Crippen LogP contribution in [0.15, 0.2) is 17.2 Å². The second-order valence-corrected chi connectivity index (χ2v) is 7.29. The summed E-state index contributed by atoms with van der Waals surface area (Å²) in [5.74, 6) is -0.875. The third kappa shape index (κ3) is 3.81. The van der Waals surface area contributed by atoms with Crippen LogP contribution in [0.4, 0.5) is 0 Å². The van der Waals surface area contributed by atoms with Gasteiger partial charge in [-0.25, -0.2) is 17.9 Å². The highest BCUT2D eigenvalue weighted by molar-refractivity contribution is 7.89. The molecule has 0 saturated heterocycles. The molecule has 1 heterocycles. The van der Waals surface area contributed by atoms with E-state index in [9.17, 15) is 13.2 Å². The van der Waals surface area contributed by atoms with Gasteiger partial charge < -0.3 is 10.1 Å². The van der Waals surface area contributed by atoms with Crippen molar-refractivity contribution in [2.24, 2.45) is 11.3 Å². The number of rotatable bonds is 6. The third-order valence-corrected chi connectivity index (χ3v) is 4.86. The summed E-state index contributed by atoms with van der Waals surface area (Å²) >= 11 is 0. The van der Waals surface area contributed by atoms with Crippen molar-refractivity contribution in [2.45, 2.75) is 32.6 Å². The highest BCUT2D eigenvalue weighted by Crippen LogP contribution is 2.25. The molecule has 19 heavy (non-hydrogen) atoms. The lowest BCUT2D eigenvalue weighted by Crippen LogP contribution is -2.36. The average Bonchev–Trinajstić information content (AvgIpc) is 2.76. The molecule has 0 aliphatic rings. The van der Waals surface area contributed by atoms with E-state index < -0.39 is 16.0 Å². The van der Waals surface area contributed by atoms with Crippen molar-refractivity contribution >= 4 is 16.0 Å². The first-order valence-electron chi connectivity index (χ1n) is 5.97. The Balaban J connectivity index is 2.84. The Labute approximate surface area is 113 Å². The van der Waals surface area contributed by atoms with Crippen LogP contribution in [0.1, 0.15) is 38.2 Å². The van der Waals surface area contributed by atoms with Gasteiger partial charge in [0.25, 0.3) is 0 Å². The van der Waals surface area contributed by atoms with Gasteiger partial charge in [0.05, 0.1) is 0 Å². The maximum absolute atomic E-state index is 12.0. The Morgan fingerprint density at radius 2 is 2.05 bits per heavy atom. The van der Waals surface area contributed by atoms with Gasteiger partial charge >= 0.3 is 5.97 Å². The first-order chi connectivity index (χ1) is 8.56. The average molecular weight is 288 g/mol. The van der Waals surface area contributed by atoms with Gasteiger partial charge in [-0.05, 0) is 17.4 Å². The van der Waals surface area contributed by atoms with Crippen molar-refractivity contribution in [3.8, 4) is 0 Å². The summed E-state index contributed by atoms with van der Waals surface area (Å²) < 4.78 is 26.5. The summed E-state index contributed by atoms with van der Waals surface area (Å²) in [5.41, 5.74) is -0.331. The van der Waals surface area contributed by atoms with Crippen molar-refractivity contribution in [1.29, 1.82) is 0 Å². The second kappa shape index (κ2) is 5.34. The van der Waals surface area contributed by atoms with E-state index in [0.29, 0.717) is 12.5 Å². The molecule has 0 bridgehead atoms. The smallest absolute Gasteiger partial charge is 0.352 e. The zero-order chi connectivity index (χ0) is 14.8. The molecule has 1 rings (SSSR count). The Bertz CT molecular complexity index is 558. The van der Waals surface area contributed by atoms with Crippen LogP contribution < -0.4 is 4.72 Å². The molecule has 0 amide bonds. The third-order valence-electron chi connectivity index (χ3n) is 3.48. The number of hydrogen-bond donors (Lipinski definition) is 3. The molecule has 7 heteroatoms. The standard InChI is InChI=1S/C12H20N2O4S/c1-8(2)12(3,4)7-14-19(17,18)9-5-10(11(15)16)13-6-9/h5-6,8,13-14H,7H2,1-4H3,(H,15,16). The van der Waals surface area contributed by atoms with Crippen molar-refractivity contribution in [2.75, 3.05) is 6.54 Å². The van der Waals surface area contributed by atoms with E-state index in [4.69, 9.17) is 5.11 Å². The Morgan fingerprint density at radius 3 is 2.47 bits per heavy atom. The van der Waals surface area contributed by atoms with Gasteiger partial charge in [0.2, 0.25) is 10.0 Å². The summed E-state index contributed by atoms with van der Waals surface area (Å²) in [5, 5.41) is 8.75. The zero-order valence-corrected chi connectivity index (χ0v) is 12.3. The van der Waals surface area contributed by atoms with Gasteiger partial charge in [-0.3, -0.25) is 0 Å². The summed E-state index contributed by atoms with van der Waals surface area (Å²) in [6.07, 6.45) is 1.17. The first-order valence-corrected chi connectivity index (χ1v) is 7.46. The maximum atomic E-state index is 12.0. The molecule has 0 aliphatic heterocycles. The number of carboxylic acid groups (broad SMARTS) is 1. The quantitative estimate of drug-likeness (QED) is 0.741. The van der Waals surface area contributed by atoms with Crippen molar-refractivity contribution < 1.29 is 18.3 Å². The first kappa shape index (κ1) is 15.7. The summed E-state index contributed by atoms with van der Waals surface area (Å²) in [6, 6.07) is 1.10. The van der Waals surface area contributed by atoms with E-state index in [0.717, 1.165) is 6.07 Å². The summed E-state index contributed by atoms with van der Waals surface area (Å²) in [4.78, 5) is 13.0. The monoisotopic (exact) mass is 288 g/mol. The number of carboxylic acids is 1. The maximum Gasteiger partial charge on any atom is 0.352 e. The number of sulfonamides is 1. The van der Waals surface area contributed by atoms with Gasteiger partial charge in [-0.15, -0.1) is 0 Å². The number of aromatic amines is 1. The molecule has 1 aromatic heterocycles. The Kier molecular flexibility index (Phi) is 4.42. The summed E-state index contributed by atoms with van der Waals surface area (Å²) in [6.45, 7) is 8.28. The molecule has 0 fully saturated rings. The van der Waals surface area contributed by atoms with Crippen LogP contribution in [0.5, 0.6) is 0 Å². The Hall–Kier alpha value is -1.34. The van der Waals surface area contributed by atoms with Gasteiger partial charge in [-0.1, -0.05) is 27.7 Å². The molecule has 0 unspecified atom stereocenters. The normalized spacial score (nSPS) is 12.9. The van der Waals surface area contributed by atoms with Crippen molar-refractivity contribution in [3.05, 3.63) is 18.0 Å². The van der Waals surface area contributed by atoms with Crippen LogP contribution >= 0.6 is 0 Å². The molecule has 3 N–H and O–H groups in total. The largest absolute Gasteiger partial charge is 0.477 e. The van der Waals surface area contributed by atoms with Crippen LogP contribution in [0, 0.1) is 11.3 Å². The lowest BCUT2D eigenvalue weighted by atomic mass is 9.81. The van der Waals surface area contributed by atoms with E-state index in [1.807, 2.05) is 27.7 Å². The van der Waals surface area contributed by atoms with Gasteiger partial charge in [0.15, 0.2) is 0 Å². The van der Waals surface area contributed by atoms with E-state index in [1.165, 1.54) is 6.20 Å². The van der Waals surface area contributed by atoms with Crippen LogP contribution in [0.3, 0.4) is 0 Å². The second-order valence-electron chi connectivity index (χ2n) is 5.52. The van der Waals surface area contributed by atoms with Gasteiger partial charge in [0.1, 0.15) is 10.6 Å². The van der Waals surface area contributed by atoms with Crippen LogP contribution in [-0.2, 0) is 10.0 Å². The van der Waals surface area contributed by atoms with Gasteiger partial charge in [0, 0.05) is 12.7 Å². The minimum Gasteiger partial charge on any atom is -0.477 e. The van der Waals surface area contributed by atoms with E-state index in [1.54, 1.807) is 0 Å². The van der Waals surface area contributed by atoms with Gasteiger partial charge in [-0.2, -0.15) is 0 Å². The molecule has 0 atom stereocenters. The van der Waals surface area contributed by atoms with Crippen LogP contribution in [-0.4, -0.2) is 31.0 Å². The minimum absolute atomic E-state index is 0.0653. The molecule has 6 nitrogen and oxygen atoms in total. The SMILES string of the molecule is CC(C)C(C)(C)CNS(=O)(=O)c1c[nH]c(C(=O)O)c1. The number of hydrogen-bond acceptors (Lipinski definition) is 3. The van der Waals surface area contributed by atoms with Crippen molar-refractivity contribution in [1.82, 2.24) is 9.71 Å². The molecule has 0 aliphatic carbocycles. The molecular weight excluding hydrogens is 268 g/mol. The zero-order valence-electron chi connectivity index (χ0n) is 11.5. The molecular formula is C12H20N2O4S. The van der Waals surface area contributed by atoms with Crippen molar-refractivity contribution in [3.63, 3.8) is 0 Å². The van der Waals surface area contributed by atoms with E-state index in [-0.39, 0.29) is 16.0 Å². The predicted octanol–water partition coefficient (Wildman–Crippen LogP) is 1.67. The molecule has 1 aromatic rings. The molecule has 108 valence electrons. The Morgan fingerprint density at radius 1 is 1.47 bits per heavy atom. The number of carbonyl (C=O) groups is 1. The highest BCUT2D eigenvalue weighted by atomic mass is 32.2. The van der Waals surface area contributed by atoms with E-state index in [2.05, 4.69) is 9.71 Å². The molecule has 0 saturated carbocycles. The van der Waals surface area contributed by atoms with Crippen LogP contribution in [0.25, 0.3) is 0 Å². The number of aromatic nitrogens is 1. The molecule has 0 aromatic carbocycles. The minimum atomic E-state index is -3.68. The van der Waals surface area contributed by atoms with Crippen LogP contribution in [0.2, 0.25) is 0 Å². The number of aromatic carboxylic acids is 1. The number of nitrogens with one attached hydrogen (secondary N) is 2. The van der Waals surface area contributed by atoms with E-state index >= 15 is 0 Å². The number of H-pyrrole nitrogens is 1. The lowest BCUT2D eigenvalue weighted by Gasteiger charge is -2.29. The fourth-order valence-corrected chi connectivity index (χ4v) is 2.44. The molecule has 0 radical (unpaired) electrons. The fourth-order valence-electron chi connectivity index (χ4n) is 1.22. The molecule has 0 spiro atoms. The summed E-state index contributed by atoms with van der Waals surface area (Å²) in [7, 11) is -3.68. The highest BCUT2D eigenvalue weighted by Gasteiger charge is 2.26. The predicted molar refractivity (Wildman–Crippen MR) is 71.6 cm³/mol. The topological polar surface area (TPSA) is 99.3 Å². The fraction of sp³-hybridized carbons (Fsp3) is 0.583.